The predicted molar refractivity (Wildman–Crippen MR) is 63.0 cm³/mol. The van der Waals surface area contributed by atoms with Crippen molar-refractivity contribution >= 4 is 23.3 Å². The molecule has 0 aliphatic rings. The molecule has 0 saturated carbocycles. The highest BCUT2D eigenvalue weighted by atomic mass is 35.5. The Morgan fingerprint density at radius 3 is 2.47 bits per heavy atom. The number of carboxylic acid groups (broad SMARTS) is 1. The Hall–Kier alpha value is -1.93. The van der Waals surface area contributed by atoms with E-state index in [1.807, 2.05) is 0 Å². The van der Waals surface area contributed by atoms with Crippen LogP contribution in [0.4, 0.5) is 18.9 Å². The molecule has 0 saturated heterocycles. The Morgan fingerprint density at radius 2 is 2.00 bits per heavy atom. The molecule has 0 amide bonds. The maximum atomic E-state index is 12.6. The number of hydrazine groups is 1. The molecule has 9 heteroatoms. The Morgan fingerprint density at radius 1 is 1.42 bits per heavy atom. The molecule has 104 valence electrons. The summed E-state index contributed by atoms with van der Waals surface area (Å²) in [6.45, 7) is 0. The van der Waals surface area contributed by atoms with Gasteiger partial charge in [0, 0.05) is 0 Å². The first-order valence-electron chi connectivity index (χ1n) is 4.74. The van der Waals surface area contributed by atoms with Crippen molar-refractivity contribution in [3.8, 4) is 0 Å². The highest BCUT2D eigenvalue weighted by Crippen LogP contribution is 2.36. The minimum Gasteiger partial charge on any atom is -0.477 e. The maximum Gasteiger partial charge on any atom is 0.417 e. The molecule has 0 radical (unpaired) electrons. The molecule has 1 rings (SSSR count). The zero-order valence-corrected chi connectivity index (χ0v) is 10.0. The van der Waals surface area contributed by atoms with E-state index in [1.165, 1.54) is 6.07 Å². The summed E-state index contributed by atoms with van der Waals surface area (Å²) in [4.78, 5) is 10.5. The van der Waals surface area contributed by atoms with Crippen molar-refractivity contribution < 1.29 is 23.1 Å². The number of nitrogens with zero attached hydrogens (tertiary/aromatic N) is 1. The summed E-state index contributed by atoms with van der Waals surface area (Å²) in [5.74, 6) is 3.96. The van der Waals surface area contributed by atoms with Crippen LogP contribution in [-0.2, 0) is 11.0 Å². The highest BCUT2D eigenvalue weighted by Gasteiger charge is 2.33. The van der Waals surface area contributed by atoms with Crippen LogP contribution in [0.15, 0.2) is 30.1 Å². The number of benzene rings is 1. The van der Waals surface area contributed by atoms with E-state index < -0.39 is 28.4 Å². The van der Waals surface area contributed by atoms with Gasteiger partial charge in [0.05, 0.1) is 22.5 Å². The molecular formula is C10H9ClF3N3O2. The first-order valence-corrected chi connectivity index (χ1v) is 5.12. The molecule has 0 aromatic heterocycles. The van der Waals surface area contributed by atoms with E-state index in [-0.39, 0.29) is 5.69 Å². The van der Waals surface area contributed by atoms with Gasteiger partial charge in [-0.15, -0.1) is 0 Å². The molecule has 19 heavy (non-hydrogen) atoms. The third-order valence-corrected chi connectivity index (χ3v) is 2.41. The molecule has 1 aromatic carbocycles. The van der Waals surface area contributed by atoms with Gasteiger partial charge in [0.15, 0.2) is 0 Å². The van der Waals surface area contributed by atoms with Crippen LogP contribution in [0.3, 0.4) is 0 Å². The van der Waals surface area contributed by atoms with Crippen molar-refractivity contribution in [1.82, 2.24) is 0 Å². The minimum atomic E-state index is -4.64. The van der Waals surface area contributed by atoms with E-state index in [9.17, 15) is 18.0 Å². The second-order valence-electron chi connectivity index (χ2n) is 3.46. The average Bonchev–Trinajstić information content (AvgIpc) is 2.27. The van der Waals surface area contributed by atoms with Gasteiger partial charge in [-0.25, -0.2) is 10.6 Å². The van der Waals surface area contributed by atoms with Gasteiger partial charge >= 0.3 is 12.1 Å². The molecule has 0 spiro atoms. The molecule has 0 aliphatic heterocycles. The molecule has 0 bridgehead atoms. The van der Waals surface area contributed by atoms with Crippen molar-refractivity contribution in [1.29, 1.82) is 0 Å². The smallest absolute Gasteiger partial charge is 0.417 e. The van der Waals surface area contributed by atoms with Gasteiger partial charge in [-0.1, -0.05) is 11.6 Å². The molecule has 0 fully saturated rings. The Labute approximate surface area is 110 Å². The van der Waals surface area contributed by atoms with Crippen LogP contribution in [0.1, 0.15) is 5.56 Å². The van der Waals surface area contributed by atoms with Crippen molar-refractivity contribution in [2.75, 3.05) is 5.01 Å². The van der Waals surface area contributed by atoms with Gasteiger partial charge < -0.3 is 10.8 Å². The van der Waals surface area contributed by atoms with E-state index in [2.05, 4.69) is 0 Å². The number of anilines is 1. The predicted octanol–water partition coefficient (Wildman–Crippen LogP) is 1.92. The normalized spacial score (nSPS) is 12.4. The van der Waals surface area contributed by atoms with Crippen LogP contribution in [0.5, 0.6) is 0 Å². The number of rotatable bonds is 3. The van der Waals surface area contributed by atoms with Crippen LogP contribution in [-0.4, -0.2) is 11.1 Å². The lowest BCUT2D eigenvalue weighted by atomic mass is 10.2. The first-order chi connectivity index (χ1) is 8.62. The van der Waals surface area contributed by atoms with Gasteiger partial charge in [-0.05, 0) is 18.2 Å². The topological polar surface area (TPSA) is 92.6 Å². The molecule has 0 heterocycles. The summed E-state index contributed by atoms with van der Waals surface area (Å²) in [5, 5.41) is 8.70. The van der Waals surface area contributed by atoms with Crippen molar-refractivity contribution in [2.24, 2.45) is 11.6 Å². The Kier molecular flexibility index (Phi) is 4.28. The van der Waals surface area contributed by atoms with Gasteiger partial charge in [-0.3, -0.25) is 5.01 Å². The summed E-state index contributed by atoms with van der Waals surface area (Å²) in [7, 11) is 0. The van der Waals surface area contributed by atoms with Crippen LogP contribution in [0.2, 0.25) is 5.02 Å². The van der Waals surface area contributed by atoms with E-state index in [0.29, 0.717) is 11.1 Å². The summed E-state index contributed by atoms with van der Waals surface area (Å²) >= 11 is 5.43. The summed E-state index contributed by atoms with van der Waals surface area (Å²) in [6, 6.07) is 2.89. The number of hydrogen-bond acceptors (Lipinski definition) is 4. The number of alkyl halides is 3. The van der Waals surface area contributed by atoms with Gasteiger partial charge in [0.1, 0.15) is 5.70 Å². The molecule has 0 unspecified atom stereocenters. The second-order valence-corrected chi connectivity index (χ2v) is 3.87. The molecule has 0 atom stereocenters. The molecule has 5 nitrogen and oxygen atoms in total. The fraction of sp³-hybridized carbons (Fsp3) is 0.100. The third kappa shape index (κ3) is 3.76. The number of hydrogen-bond donors (Lipinski definition) is 3. The quantitative estimate of drug-likeness (QED) is 0.450. The van der Waals surface area contributed by atoms with E-state index in [4.69, 9.17) is 28.3 Å². The van der Waals surface area contributed by atoms with Gasteiger partial charge in [-0.2, -0.15) is 13.2 Å². The zero-order chi connectivity index (χ0) is 14.8. The SMILES string of the molecule is N/C(=C\N(N)c1ccc(Cl)c(C(F)(F)F)c1)C(=O)O. The second kappa shape index (κ2) is 5.37. The van der Waals surface area contributed by atoms with Crippen molar-refractivity contribution in [2.45, 2.75) is 6.18 Å². The average molecular weight is 296 g/mol. The van der Waals surface area contributed by atoms with Crippen LogP contribution < -0.4 is 16.6 Å². The third-order valence-electron chi connectivity index (χ3n) is 2.08. The highest BCUT2D eigenvalue weighted by molar-refractivity contribution is 6.31. The summed E-state index contributed by atoms with van der Waals surface area (Å²) in [5.41, 5.74) is 3.29. The van der Waals surface area contributed by atoms with Crippen LogP contribution >= 0.6 is 11.6 Å². The molecular weight excluding hydrogens is 287 g/mol. The Bertz CT molecular complexity index is 531. The van der Waals surface area contributed by atoms with E-state index >= 15 is 0 Å². The standard InChI is InChI=1S/C10H9ClF3N3O2/c11-7-2-1-5(3-6(7)10(12,13)14)17(16)4-8(15)9(18)19/h1-4H,15-16H2,(H,18,19)/b8-4-. The number of nitrogens with two attached hydrogens (primary N) is 2. The van der Waals surface area contributed by atoms with E-state index in [0.717, 1.165) is 12.3 Å². The van der Waals surface area contributed by atoms with Crippen molar-refractivity contribution in [3.05, 3.63) is 40.7 Å². The van der Waals surface area contributed by atoms with Gasteiger partial charge in [0.25, 0.3) is 0 Å². The zero-order valence-electron chi connectivity index (χ0n) is 9.28. The Balaban J connectivity index is 3.16. The largest absolute Gasteiger partial charge is 0.477 e. The van der Waals surface area contributed by atoms with Crippen LogP contribution in [0.25, 0.3) is 0 Å². The molecule has 5 N–H and O–H groups in total. The minimum absolute atomic E-state index is 0.110. The summed E-state index contributed by atoms with van der Waals surface area (Å²) < 4.78 is 37.8. The molecule has 0 aliphatic carbocycles. The van der Waals surface area contributed by atoms with E-state index in [1.54, 1.807) is 0 Å². The number of carboxylic acids is 1. The van der Waals surface area contributed by atoms with Gasteiger partial charge in [0.2, 0.25) is 0 Å². The monoisotopic (exact) mass is 295 g/mol. The lowest BCUT2D eigenvalue weighted by molar-refractivity contribution is -0.137. The summed E-state index contributed by atoms with van der Waals surface area (Å²) in [6.07, 6.45) is -3.86. The number of halogens is 4. The lowest BCUT2D eigenvalue weighted by Crippen LogP contribution is -2.28. The fourth-order valence-corrected chi connectivity index (χ4v) is 1.40. The van der Waals surface area contributed by atoms with Crippen molar-refractivity contribution in [3.63, 3.8) is 0 Å². The van der Waals surface area contributed by atoms with Crippen LogP contribution in [0, 0.1) is 0 Å². The maximum absolute atomic E-state index is 12.6. The fourth-order valence-electron chi connectivity index (χ4n) is 1.17. The lowest BCUT2D eigenvalue weighted by Gasteiger charge is -2.17. The number of aliphatic carboxylic acids is 1. The first kappa shape index (κ1) is 15.1. The molecule has 1 aromatic rings. The number of carbonyl (C=O) groups is 1.